The van der Waals surface area contributed by atoms with Crippen molar-refractivity contribution in [2.75, 3.05) is 0 Å². The summed E-state index contributed by atoms with van der Waals surface area (Å²) in [6.07, 6.45) is 1.52. The van der Waals surface area contributed by atoms with Crippen molar-refractivity contribution < 1.29 is 19.1 Å². The first-order valence-corrected chi connectivity index (χ1v) is 10.1. The molecule has 0 bridgehead atoms. The maximum atomic E-state index is 14.3. The van der Waals surface area contributed by atoms with E-state index in [9.17, 15) is 19.1 Å². The highest BCUT2D eigenvalue weighted by Gasteiger charge is 2.33. The van der Waals surface area contributed by atoms with E-state index in [4.69, 9.17) is 5.73 Å². The molecule has 3 atom stereocenters. The molecule has 0 aliphatic rings. The van der Waals surface area contributed by atoms with Crippen molar-refractivity contribution in [1.82, 2.24) is 5.32 Å². The predicted molar refractivity (Wildman–Crippen MR) is 115 cm³/mol. The van der Waals surface area contributed by atoms with Gasteiger partial charge in [0, 0.05) is 12.5 Å². The molecule has 1 radical (unpaired) electrons. The van der Waals surface area contributed by atoms with Gasteiger partial charge in [-0.2, -0.15) is 0 Å². The summed E-state index contributed by atoms with van der Waals surface area (Å²) < 4.78 is 14.3. The van der Waals surface area contributed by atoms with Crippen LogP contribution >= 0.6 is 0 Å². The molecule has 5 nitrogen and oxygen atoms in total. The van der Waals surface area contributed by atoms with Gasteiger partial charge in [0.15, 0.2) is 5.67 Å². The van der Waals surface area contributed by atoms with Crippen LogP contribution in [0.2, 0.25) is 0 Å². The lowest BCUT2D eigenvalue weighted by atomic mass is 9.88. The number of primary amides is 1. The van der Waals surface area contributed by atoms with Gasteiger partial charge in [0.25, 0.3) is 5.91 Å². The van der Waals surface area contributed by atoms with Gasteiger partial charge in [-0.05, 0) is 50.2 Å². The van der Waals surface area contributed by atoms with Crippen molar-refractivity contribution in [1.29, 1.82) is 0 Å². The highest BCUT2D eigenvalue weighted by atomic mass is 19.1. The van der Waals surface area contributed by atoms with Crippen LogP contribution in [0.4, 0.5) is 4.39 Å². The van der Waals surface area contributed by atoms with E-state index >= 15 is 0 Å². The Labute approximate surface area is 177 Å². The Balaban J connectivity index is 1.96. The summed E-state index contributed by atoms with van der Waals surface area (Å²) in [5, 5.41) is 13.3. The molecule has 0 saturated heterocycles. The molecule has 2 rings (SSSR count). The zero-order valence-corrected chi connectivity index (χ0v) is 17.3. The van der Waals surface area contributed by atoms with Gasteiger partial charge >= 0.3 is 0 Å². The molecule has 0 saturated carbocycles. The molecular weight excluding hydrogens is 383 g/mol. The molecular formula is C24H30FN2O3. The van der Waals surface area contributed by atoms with E-state index in [1.54, 1.807) is 6.42 Å². The van der Waals surface area contributed by atoms with Crippen molar-refractivity contribution in [3.63, 3.8) is 0 Å². The minimum atomic E-state index is -2.20. The third kappa shape index (κ3) is 7.95. The van der Waals surface area contributed by atoms with E-state index in [-0.39, 0.29) is 25.2 Å². The zero-order valence-electron chi connectivity index (χ0n) is 17.3. The Morgan fingerprint density at radius 3 is 2.23 bits per heavy atom. The number of nitrogens with one attached hydrogen (secondary N) is 1. The van der Waals surface area contributed by atoms with Crippen LogP contribution in [0.25, 0.3) is 0 Å². The van der Waals surface area contributed by atoms with Crippen molar-refractivity contribution in [2.24, 2.45) is 11.7 Å². The first-order valence-electron chi connectivity index (χ1n) is 10.1. The Morgan fingerprint density at radius 2 is 1.67 bits per heavy atom. The van der Waals surface area contributed by atoms with E-state index in [0.717, 1.165) is 18.1 Å². The number of rotatable bonds is 12. The van der Waals surface area contributed by atoms with Crippen molar-refractivity contribution in [3.8, 4) is 0 Å². The largest absolute Gasteiger partial charge is 0.393 e. The summed E-state index contributed by atoms with van der Waals surface area (Å²) in [6, 6.07) is 19.1. The van der Waals surface area contributed by atoms with E-state index in [1.807, 2.05) is 60.7 Å². The van der Waals surface area contributed by atoms with Crippen molar-refractivity contribution in [3.05, 3.63) is 78.2 Å². The third-order valence-electron chi connectivity index (χ3n) is 5.15. The fourth-order valence-corrected chi connectivity index (χ4v) is 3.13. The lowest BCUT2D eigenvalue weighted by molar-refractivity contribution is -0.131. The number of halogens is 1. The van der Waals surface area contributed by atoms with E-state index in [1.165, 1.54) is 0 Å². The molecule has 0 fully saturated rings. The standard InChI is InChI=1S/C24H30FN2O3/c1-24(25,23(26)30)15-14-20(22(29)27-17-19-10-6-3-7-11-19)16-21(28)13-12-18-8-4-2-5-9-18/h2-11,13,20-21,28H,12,14-17H2,1H3,(H2,26,30)(H,27,29)/t20-,21+,24?/m1/s1. The second-order valence-electron chi connectivity index (χ2n) is 7.73. The van der Waals surface area contributed by atoms with Crippen LogP contribution in [0.1, 0.15) is 37.3 Å². The average molecular weight is 414 g/mol. The van der Waals surface area contributed by atoms with Crippen LogP contribution in [-0.4, -0.2) is 28.7 Å². The van der Waals surface area contributed by atoms with Crippen LogP contribution in [0.3, 0.4) is 0 Å². The Kier molecular flexibility index (Phi) is 8.99. The average Bonchev–Trinajstić information content (AvgIpc) is 2.74. The van der Waals surface area contributed by atoms with Crippen molar-refractivity contribution >= 4 is 11.8 Å². The van der Waals surface area contributed by atoms with Crippen LogP contribution in [0.15, 0.2) is 60.7 Å². The third-order valence-corrected chi connectivity index (χ3v) is 5.15. The summed E-state index contributed by atoms with van der Waals surface area (Å²) in [5.74, 6) is -1.99. The SMILES string of the molecule is CC(F)(CC[C@H](C[C@@H](O)[CH]Cc1ccccc1)C(=O)NCc1ccccc1)C(N)=O. The topological polar surface area (TPSA) is 92.4 Å². The van der Waals surface area contributed by atoms with E-state index in [2.05, 4.69) is 5.32 Å². The Morgan fingerprint density at radius 1 is 1.10 bits per heavy atom. The number of alkyl halides is 1. The first-order chi connectivity index (χ1) is 14.3. The smallest absolute Gasteiger partial charge is 0.254 e. The molecule has 1 unspecified atom stereocenters. The number of carbonyl (C=O) groups is 2. The highest BCUT2D eigenvalue weighted by molar-refractivity contribution is 5.83. The molecule has 0 aliphatic heterocycles. The van der Waals surface area contributed by atoms with E-state index in [0.29, 0.717) is 13.0 Å². The molecule has 30 heavy (non-hydrogen) atoms. The number of benzene rings is 2. The number of hydrogen-bond donors (Lipinski definition) is 3. The highest BCUT2D eigenvalue weighted by Crippen LogP contribution is 2.24. The molecule has 4 N–H and O–H groups in total. The molecule has 0 spiro atoms. The molecule has 161 valence electrons. The molecule has 0 aromatic heterocycles. The van der Waals surface area contributed by atoms with E-state index < -0.39 is 23.6 Å². The number of nitrogens with two attached hydrogens (primary N) is 1. The lowest BCUT2D eigenvalue weighted by Gasteiger charge is -2.23. The van der Waals surface area contributed by atoms with Crippen LogP contribution in [0.5, 0.6) is 0 Å². The number of aliphatic hydroxyl groups is 1. The predicted octanol–water partition coefficient (Wildman–Crippen LogP) is 3.11. The first kappa shape index (κ1) is 23.5. The summed E-state index contributed by atoms with van der Waals surface area (Å²) in [6.45, 7) is 1.45. The fraction of sp³-hybridized carbons (Fsp3) is 0.375. The minimum Gasteiger partial charge on any atom is -0.393 e. The summed E-state index contributed by atoms with van der Waals surface area (Å²) in [5.41, 5.74) is 4.90. The van der Waals surface area contributed by atoms with Crippen LogP contribution in [-0.2, 0) is 22.6 Å². The van der Waals surface area contributed by atoms with Gasteiger partial charge in [-0.1, -0.05) is 60.7 Å². The molecule has 2 amide bonds. The molecule has 0 aliphatic carbocycles. The molecule has 2 aromatic carbocycles. The monoisotopic (exact) mass is 413 g/mol. The van der Waals surface area contributed by atoms with Gasteiger partial charge in [0.1, 0.15) is 0 Å². The normalized spacial score (nSPS) is 15.0. The minimum absolute atomic E-state index is 0.104. The molecule has 6 heteroatoms. The Hall–Kier alpha value is -2.73. The van der Waals surface area contributed by atoms with Gasteiger partial charge in [0.05, 0.1) is 6.10 Å². The van der Waals surface area contributed by atoms with Gasteiger partial charge in [0.2, 0.25) is 5.91 Å². The van der Waals surface area contributed by atoms with Crippen LogP contribution in [0, 0.1) is 12.3 Å². The molecule has 2 aromatic rings. The maximum absolute atomic E-state index is 14.3. The summed E-state index contributed by atoms with van der Waals surface area (Å²) in [7, 11) is 0. The van der Waals surface area contributed by atoms with Crippen LogP contribution < -0.4 is 11.1 Å². The number of aliphatic hydroxyl groups excluding tert-OH is 1. The maximum Gasteiger partial charge on any atom is 0.254 e. The van der Waals surface area contributed by atoms with Gasteiger partial charge in [-0.3, -0.25) is 9.59 Å². The summed E-state index contributed by atoms with van der Waals surface area (Å²) >= 11 is 0. The number of carbonyl (C=O) groups excluding carboxylic acids is 2. The fourth-order valence-electron chi connectivity index (χ4n) is 3.13. The second kappa shape index (κ2) is 11.5. The summed E-state index contributed by atoms with van der Waals surface area (Å²) in [4.78, 5) is 24.0. The second-order valence-corrected chi connectivity index (χ2v) is 7.73. The molecule has 0 heterocycles. The number of hydrogen-bond acceptors (Lipinski definition) is 3. The van der Waals surface area contributed by atoms with Gasteiger partial charge in [-0.25, -0.2) is 4.39 Å². The van der Waals surface area contributed by atoms with Gasteiger partial charge < -0.3 is 16.2 Å². The lowest BCUT2D eigenvalue weighted by Crippen LogP contribution is -2.39. The Bertz CT molecular complexity index is 797. The number of amides is 2. The zero-order chi connectivity index (χ0) is 22.0. The quantitative estimate of drug-likeness (QED) is 0.499. The van der Waals surface area contributed by atoms with Crippen molar-refractivity contribution in [2.45, 2.75) is 50.9 Å². The van der Waals surface area contributed by atoms with Gasteiger partial charge in [-0.15, -0.1) is 0 Å².